The molecule has 1 N–H and O–H groups in total. The van der Waals surface area contributed by atoms with Crippen molar-refractivity contribution in [1.29, 1.82) is 0 Å². The number of hydrogen-bond acceptors (Lipinski definition) is 3. The molecule has 1 heterocycles. The first-order valence-electron chi connectivity index (χ1n) is 8.62. The van der Waals surface area contributed by atoms with Crippen LogP contribution in [0.15, 0.2) is 33.7 Å². The van der Waals surface area contributed by atoms with E-state index in [1.165, 1.54) is 5.56 Å². The summed E-state index contributed by atoms with van der Waals surface area (Å²) in [5.41, 5.74) is 1.28. The number of hydrogen-bond donors (Lipinski definition) is 1. The monoisotopic (exact) mass is 395 g/mol. The first-order valence-corrected chi connectivity index (χ1v) is 9.41. The van der Waals surface area contributed by atoms with Crippen molar-refractivity contribution in [3.63, 3.8) is 0 Å². The normalized spacial score (nSPS) is 20.2. The number of aliphatic imine (C=N–C) groups is 1. The predicted molar refractivity (Wildman–Crippen MR) is 106 cm³/mol. The Kier molecular flexibility index (Phi) is 7.52. The summed E-state index contributed by atoms with van der Waals surface area (Å²) in [4.78, 5) is 11.9. The molecular weight excluding hydrogens is 366 g/mol. The molecule has 1 atom stereocenters. The predicted octanol–water partition coefficient (Wildman–Crippen LogP) is 2.09. The van der Waals surface area contributed by atoms with E-state index in [0.29, 0.717) is 6.04 Å². The van der Waals surface area contributed by atoms with Crippen LogP contribution in [-0.4, -0.2) is 80.6 Å². The molecule has 1 fully saturated rings. The summed E-state index contributed by atoms with van der Waals surface area (Å²) in [6.07, 6.45) is 0. The average Bonchev–Trinajstić information content (AvgIpc) is 2.56. The Balaban J connectivity index is 1.99. The van der Waals surface area contributed by atoms with Gasteiger partial charge in [-0.05, 0) is 38.7 Å². The number of nitrogens with one attached hydrogen (secondary N) is 1. The molecule has 1 saturated heterocycles. The maximum atomic E-state index is 4.89. The van der Waals surface area contributed by atoms with Crippen LogP contribution in [0.4, 0.5) is 0 Å². The smallest absolute Gasteiger partial charge is 0.194 e. The van der Waals surface area contributed by atoms with Crippen molar-refractivity contribution in [2.45, 2.75) is 19.5 Å². The number of likely N-dealkylation sites (N-methyl/N-ethyl adjacent to an activating group) is 2. The van der Waals surface area contributed by atoms with Crippen LogP contribution in [0, 0.1) is 0 Å². The van der Waals surface area contributed by atoms with Crippen LogP contribution < -0.4 is 5.32 Å². The maximum Gasteiger partial charge on any atom is 0.194 e. The van der Waals surface area contributed by atoms with Gasteiger partial charge in [0.1, 0.15) is 0 Å². The molecule has 1 aliphatic rings. The van der Waals surface area contributed by atoms with Crippen LogP contribution >= 0.6 is 15.9 Å². The number of guanidine groups is 1. The van der Waals surface area contributed by atoms with Crippen LogP contribution in [0.3, 0.4) is 0 Å². The van der Waals surface area contributed by atoms with Gasteiger partial charge in [0, 0.05) is 50.3 Å². The molecule has 2 rings (SSSR count). The summed E-state index contributed by atoms with van der Waals surface area (Å²) >= 11 is 3.49. The first kappa shape index (κ1) is 19.2. The molecule has 6 heteroatoms. The van der Waals surface area contributed by atoms with Gasteiger partial charge < -0.3 is 15.1 Å². The Morgan fingerprint density at radius 1 is 1.29 bits per heavy atom. The quantitative estimate of drug-likeness (QED) is 0.611. The number of nitrogens with zero attached hydrogens (tertiary/aromatic N) is 4. The molecule has 0 amide bonds. The van der Waals surface area contributed by atoms with E-state index in [1.54, 1.807) is 0 Å². The lowest BCUT2D eigenvalue weighted by molar-refractivity contribution is 0.119. The summed E-state index contributed by atoms with van der Waals surface area (Å²) in [5, 5.41) is 3.41. The number of benzene rings is 1. The molecule has 1 aromatic rings. The third-order valence-corrected chi connectivity index (χ3v) is 4.99. The fourth-order valence-electron chi connectivity index (χ4n) is 2.90. The van der Waals surface area contributed by atoms with E-state index in [-0.39, 0.29) is 0 Å². The maximum absolute atomic E-state index is 4.89. The largest absolute Gasteiger partial charge is 0.357 e. The molecule has 0 saturated carbocycles. The summed E-state index contributed by atoms with van der Waals surface area (Å²) < 4.78 is 1.11. The Labute approximate surface area is 154 Å². The van der Waals surface area contributed by atoms with Gasteiger partial charge >= 0.3 is 0 Å². The zero-order chi connectivity index (χ0) is 17.5. The number of rotatable bonds is 5. The minimum absolute atomic E-state index is 0.485. The topological polar surface area (TPSA) is 34.1 Å². The van der Waals surface area contributed by atoms with Crippen LogP contribution in [0.2, 0.25) is 0 Å². The Morgan fingerprint density at radius 3 is 2.67 bits per heavy atom. The van der Waals surface area contributed by atoms with Gasteiger partial charge in [0.15, 0.2) is 5.96 Å². The molecule has 1 aromatic carbocycles. The number of piperazine rings is 1. The minimum atomic E-state index is 0.485. The molecule has 0 spiro atoms. The van der Waals surface area contributed by atoms with E-state index in [1.807, 2.05) is 0 Å². The van der Waals surface area contributed by atoms with E-state index in [0.717, 1.165) is 49.7 Å². The van der Waals surface area contributed by atoms with Gasteiger partial charge in [-0.3, -0.25) is 9.89 Å². The van der Waals surface area contributed by atoms with Crippen molar-refractivity contribution in [1.82, 2.24) is 20.0 Å². The molecule has 24 heavy (non-hydrogen) atoms. The lowest BCUT2D eigenvalue weighted by Gasteiger charge is -2.37. The summed E-state index contributed by atoms with van der Waals surface area (Å²) in [5.74, 6) is 0.974. The molecule has 1 unspecified atom stereocenters. The third kappa shape index (κ3) is 5.76. The fraction of sp³-hybridized carbons (Fsp3) is 0.611. The van der Waals surface area contributed by atoms with Crippen molar-refractivity contribution in [2.24, 2.45) is 4.99 Å². The van der Waals surface area contributed by atoms with Gasteiger partial charge in [0.25, 0.3) is 0 Å². The first-order chi connectivity index (χ1) is 11.5. The van der Waals surface area contributed by atoms with Gasteiger partial charge in [-0.1, -0.05) is 28.1 Å². The third-order valence-electron chi connectivity index (χ3n) is 4.46. The Bertz CT molecular complexity index is 531. The molecule has 0 bridgehead atoms. The average molecular weight is 396 g/mol. The second-order valence-corrected chi connectivity index (χ2v) is 7.49. The minimum Gasteiger partial charge on any atom is -0.357 e. The van der Waals surface area contributed by atoms with E-state index >= 15 is 0 Å². The molecule has 0 radical (unpaired) electrons. The van der Waals surface area contributed by atoms with Gasteiger partial charge in [0.05, 0.1) is 6.54 Å². The van der Waals surface area contributed by atoms with Gasteiger partial charge in [0.2, 0.25) is 0 Å². The molecular formula is C18H30BrN5. The number of halogens is 1. The van der Waals surface area contributed by atoms with Crippen molar-refractivity contribution in [3.8, 4) is 0 Å². The Morgan fingerprint density at radius 2 is 2.00 bits per heavy atom. The van der Waals surface area contributed by atoms with Gasteiger partial charge in [-0.2, -0.15) is 0 Å². The highest BCUT2D eigenvalue weighted by molar-refractivity contribution is 9.10. The molecule has 0 aromatic heterocycles. The van der Waals surface area contributed by atoms with Gasteiger partial charge in [-0.15, -0.1) is 0 Å². The molecule has 1 aliphatic heterocycles. The Hall–Kier alpha value is -1.11. The standard InChI is InChI=1S/C18H30BrN5/c1-5-20-18(21-12-17-14-22(2)10-11-23(17)3)24(4)13-15-6-8-16(19)9-7-15/h6-9,17H,5,10-14H2,1-4H3,(H,20,21). The van der Waals surface area contributed by atoms with Crippen LogP contribution in [0.5, 0.6) is 0 Å². The van der Waals surface area contributed by atoms with Crippen LogP contribution in [0.1, 0.15) is 12.5 Å². The molecule has 134 valence electrons. The van der Waals surface area contributed by atoms with Crippen LogP contribution in [0.25, 0.3) is 0 Å². The van der Waals surface area contributed by atoms with E-state index < -0.39 is 0 Å². The SMILES string of the molecule is CCNC(=NCC1CN(C)CCN1C)N(C)Cc1ccc(Br)cc1. The lowest BCUT2D eigenvalue weighted by Crippen LogP contribution is -2.51. The summed E-state index contributed by atoms with van der Waals surface area (Å²) in [7, 11) is 6.49. The second kappa shape index (κ2) is 9.39. The second-order valence-electron chi connectivity index (χ2n) is 6.57. The highest BCUT2D eigenvalue weighted by Crippen LogP contribution is 2.12. The van der Waals surface area contributed by atoms with Gasteiger partial charge in [-0.25, -0.2) is 0 Å². The highest BCUT2D eigenvalue weighted by atomic mass is 79.9. The van der Waals surface area contributed by atoms with Crippen molar-refractivity contribution in [2.75, 3.05) is 53.9 Å². The van der Waals surface area contributed by atoms with E-state index in [9.17, 15) is 0 Å². The summed E-state index contributed by atoms with van der Waals surface area (Å²) in [6.45, 7) is 8.00. The highest BCUT2D eigenvalue weighted by Gasteiger charge is 2.22. The van der Waals surface area contributed by atoms with Crippen molar-refractivity contribution in [3.05, 3.63) is 34.3 Å². The van der Waals surface area contributed by atoms with E-state index in [2.05, 4.69) is 88.3 Å². The molecule has 0 aliphatic carbocycles. The lowest BCUT2D eigenvalue weighted by atomic mass is 10.2. The van der Waals surface area contributed by atoms with Crippen molar-refractivity contribution >= 4 is 21.9 Å². The molecule has 5 nitrogen and oxygen atoms in total. The van der Waals surface area contributed by atoms with E-state index in [4.69, 9.17) is 4.99 Å². The zero-order valence-corrected chi connectivity index (χ0v) is 16.9. The van der Waals surface area contributed by atoms with Crippen LogP contribution in [-0.2, 0) is 6.54 Å². The van der Waals surface area contributed by atoms with Crippen molar-refractivity contribution < 1.29 is 0 Å². The zero-order valence-electron chi connectivity index (χ0n) is 15.3. The fourth-order valence-corrected chi connectivity index (χ4v) is 3.16. The summed E-state index contributed by atoms with van der Waals surface area (Å²) in [6, 6.07) is 8.95.